The first kappa shape index (κ1) is 14.3. The molecule has 0 bridgehead atoms. The van der Waals surface area contributed by atoms with Gasteiger partial charge in [-0.2, -0.15) is 0 Å². The molecule has 1 aliphatic heterocycles. The Morgan fingerprint density at radius 2 is 2.18 bits per heavy atom. The van der Waals surface area contributed by atoms with E-state index in [9.17, 15) is 15.2 Å². The number of para-hydroxylation sites is 1. The van der Waals surface area contributed by atoms with Gasteiger partial charge in [0.25, 0.3) is 0 Å². The lowest BCUT2D eigenvalue weighted by atomic mass is 10.2. The molecule has 1 unspecified atom stereocenters. The van der Waals surface area contributed by atoms with Crippen LogP contribution in [0, 0.1) is 10.1 Å². The fraction of sp³-hybridized carbons (Fsp3) is 0.308. The molecule has 1 aromatic carbocycles. The van der Waals surface area contributed by atoms with Crippen LogP contribution >= 0.6 is 0 Å². The molecule has 0 aliphatic carbocycles. The lowest BCUT2D eigenvalue weighted by molar-refractivity contribution is -0.385. The van der Waals surface area contributed by atoms with Crippen LogP contribution in [0.4, 0.5) is 11.5 Å². The predicted octanol–water partition coefficient (Wildman–Crippen LogP) is 0.562. The lowest BCUT2D eigenvalue weighted by Gasteiger charge is -2.10. The minimum Gasteiger partial charge on any atom is -0.391 e. The van der Waals surface area contributed by atoms with Crippen LogP contribution in [0.15, 0.2) is 29.3 Å². The summed E-state index contributed by atoms with van der Waals surface area (Å²) < 4.78 is 1.61. The van der Waals surface area contributed by atoms with Crippen molar-refractivity contribution < 1.29 is 10.0 Å². The van der Waals surface area contributed by atoms with Crippen molar-refractivity contribution in [2.75, 3.05) is 24.6 Å². The third kappa shape index (κ3) is 2.26. The van der Waals surface area contributed by atoms with E-state index in [1.54, 1.807) is 30.8 Å². The summed E-state index contributed by atoms with van der Waals surface area (Å²) in [4.78, 5) is 15.4. The molecule has 1 aromatic heterocycles. The van der Waals surface area contributed by atoms with Crippen LogP contribution in [0.1, 0.15) is 6.92 Å². The molecule has 0 amide bonds. The van der Waals surface area contributed by atoms with Gasteiger partial charge in [-0.1, -0.05) is 18.2 Å². The van der Waals surface area contributed by atoms with E-state index in [-0.39, 0.29) is 17.6 Å². The van der Waals surface area contributed by atoms with Gasteiger partial charge in [0.1, 0.15) is 5.36 Å². The molecule has 2 aromatic rings. The largest absolute Gasteiger partial charge is 0.391 e. The van der Waals surface area contributed by atoms with Gasteiger partial charge in [-0.05, 0) is 13.0 Å². The van der Waals surface area contributed by atoms with Crippen LogP contribution in [0.3, 0.4) is 0 Å². The maximum atomic E-state index is 11.6. The summed E-state index contributed by atoms with van der Waals surface area (Å²) in [5.41, 5.74) is 6.49. The number of pyridine rings is 1. The number of aromatic nitrogens is 1. The van der Waals surface area contributed by atoms with E-state index in [4.69, 9.17) is 0 Å². The van der Waals surface area contributed by atoms with E-state index in [1.807, 2.05) is 12.1 Å². The topological polar surface area (TPSA) is 108 Å². The molecule has 0 saturated carbocycles. The number of nitro groups is 1. The van der Waals surface area contributed by atoms with Crippen molar-refractivity contribution in [2.45, 2.75) is 13.0 Å². The van der Waals surface area contributed by atoms with Gasteiger partial charge < -0.3 is 5.11 Å². The van der Waals surface area contributed by atoms with Crippen molar-refractivity contribution in [1.29, 1.82) is 0 Å². The zero-order chi connectivity index (χ0) is 15.9. The molecule has 9 nitrogen and oxygen atoms in total. The first-order chi connectivity index (χ1) is 10.5. The summed E-state index contributed by atoms with van der Waals surface area (Å²) in [6.45, 7) is 1.69. The van der Waals surface area contributed by atoms with Crippen LogP contribution < -0.4 is 16.3 Å². The first-order valence-electron chi connectivity index (χ1n) is 6.76. The minimum atomic E-state index is -0.673. The number of anilines is 1. The van der Waals surface area contributed by atoms with Crippen molar-refractivity contribution in [3.8, 4) is 0 Å². The van der Waals surface area contributed by atoms with Crippen LogP contribution in [0.2, 0.25) is 0 Å². The minimum absolute atomic E-state index is 0.0948. The fourth-order valence-corrected chi connectivity index (χ4v) is 2.43. The molecule has 1 aliphatic rings. The number of nitrogens with zero attached hydrogens (tertiary/aromatic N) is 4. The van der Waals surface area contributed by atoms with E-state index >= 15 is 0 Å². The number of nitrogens with one attached hydrogen (secondary N) is 2. The standard InChI is InChI=1S/C13H16N6O3/c1-8(20)7-14-11-9-5-3-4-6-10(9)18-13(12(11)19(21)22)15-17(2)16-18/h3-6,8,15-16,20H,7H2,1-2H3. The van der Waals surface area contributed by atoms with Gasteiger partial charge in [0.2, 0.25) is 5.82 Å². The van der Waals surface area contributed by atoms with E-state index in [2.05, 4.69) is 16.0 Å². The van der Waals surface area contributed by atoms with Gasteiger partial charge in [0, 0.05) is 12.4 Å². The van der Waals surface area contributed by atoms with Crippen LogP contribution in [0.5, 0.6) is 0 Å². The number of rotatable bonds is 3. The summed E-state index contributed by atoms with van der Waals surface area (Å²) in [6, 6.07) is 7.26. The van der Waals surface area contributed by atoms with E-state index in [0.29, 0.717) is 11.2 Å². The quantitative estimate of drug-likeness (QED) is 0.565. The highest BCUT2D eigenvalue weighted by Gasteiger charge is 2.29. The molecule has 3 rings (SSSR count). The average Bonchev–Trinajstić information content (AvgIpc) is 2.85. The number of fused-ring (bicyclic) bond motifs is 3. The second-order valence-corrected chi connectivity index (χ2v) is 5.12. The van der Waals surface area contributed by atoms with E-state index in [1.165, 1.54) is 5.12 Å². The number of hydrazine groups is 2. The second kappa shape index (κ2) is 5.28. The third-order valence-electron chi connectivity index (χ3n) is 3.29. The summed E-state index contributed by atoms with van der Waals surface area (Å²) >= 11 is 0. The first-order valence-corrected chi connectivity index (χ1v) is 6.76. The number of hydrogen-bond donors (Lipinski definition) is 3. The van der Waals surface area contributed by atoms with Crippen molar-refractivity contribution in [2.24, 2.45) is 4.99 Å². The van der Waals surface area contributed by atoms with Crippen molar-refractivity contribution >= 4 is 22.4 Å². The molecule has 3 N–H and O–H groups in total. The Bertz CT molecular complexity index is 813. The molecule has 0 fully saturated rings. The maximum Gasteiger partial charge on any atom is 0.338 e. The molecule has 22 heavy (non-hydrogen) atoms. The highest BCUT2D eigenvalue weighted by atomic mass is 16.6. The molecule has 1 atom stereocenters. The zero-order valence-corrected chi connectivity index (χ0v) is 12.1. The average molecular weight is 304 g/mol. The van der Waals surface area contributed by atoms with Gasteiger partial charge >= 0.3 is 5.69 Å². The fourth-order valence-electron chi connectivity index (χ4n) is 2.43. The highest BCUT2D eigenvalue weighted by Crippen LogP contribution is 2.28. The predicted molar refractivity (Wildman–Crippen MR) is 81.4 cm³/mol. The van der Waals surface area contributed by atoms with Crippen LogP contribution in [0.25, 0.3) is 10.9 Å². The molecule has 2 heterocycles. The lowest BCUT2D eigenvalue weighted by Crippen LogP contribution is -2.27. The Labute approximate surface area is 125 Å². The van der Waals surface area contributed by atoms with E-state index in [0.717, 1.165) is 5.52 Å². The third-order valence-corrected chi connectivity index (χ3v) is 3.29. The Balaban J connectivity index is 2.42. The normalized spacial score (nSPS) is 16.2. The SMILES string of the molecule is CC(O)CN=c1c([N+](=O)[O-])c2n(c3ccccc13)NN(C)N2. The number of benzene rings is 1. The van der Waals surface area contributed by atoms with Gasteiger partial charge in [-0.15, -0.1) is 5.12 Å². The summed E-state index contributed by atoms with van der Waals surface area (Å²) in [6.07, 6.45) is -0.673. The van der Waals surface area contributed by atoms with Gasteiger partial charge in [-0.3, -0.25) is 20.5 Å². The van der Waals surface area contributed by atoms with E-state index < -0.39 is 11.0 Å². The molecule has 0 radical (unpaired) electrons. The van der Waals surface area contributed by atoms with Gasteiger partial charge in [0.05, 0.1) is 23.1 Å². The molecular weight excluding hydrogens is 288 g/mol. The number of aliphatic hydroxyl groups is 1. The van der Waals surface area contributed by atoms with Gasteiger partial charge in [-0.25, -0.2) is 10.2 Å². The second-order valence-electron chi connectivity index (χ2n) is 5.12. The Hall–Kier alpha value is -2.65. The molecular formula is C13H16N6O3. The Morgan fingerprint density at radius 3 is 2.86 bits per heavy atom. The molecule has 0 saturated heterocycles. The zero-order valence-electron chi connectivity index (χ0n) is 12.1. The molecule has 0 spiro atoms. The van der Waals surface area contributed by atoms with Crippen molar-refractivity contribution in [1.82, 2.24) is 9.79 Å². The summed E-state index contributed by atoms with van der Waals surface area (Å²) in [5.74, 6) is 0.301. The highest BCUT2D eigenvalue weighted by molar-refractivity contribution is 5.86. The Kier molecular flexibility index (Phi) is 3.43. The molecule has 116 valence electrons. The van der Waals surface area contributed by atoms with Crippen molar-refractivity contribution in [3.05, 3.63) is 39.7 Å². The van der Waals surface area contributed by atoms with Crippen molar-refractivity contribution in [3.63, 3.8) is 0 Å². The number of hydrogen-bond acceptors (Lipinski definition) is 7. The summed E-state index contributed by atoms with van der Waals surface area (Å²) in [7, 11) is 1.71. The van der Waals surface area contributed by atoms with Crippen LogP contribution in [-0.2, 0) is 0 Å². The Morgan fingerprint density at radius 1 is 1.45 bits per heavy atom. The number of aliphatic hydroxyl groups excluding tert-OH is 1. The monoisotopic (exact) mass is 304 g/mol. The van der Waals surface area contributed by atoms with Crippen LogP contribution in [-0.4, -0.2) is 39.5 Å². The molecule has 9 heteroatoms. The smallest absolute Gasteiger partial charge is 0.338 e. The summed E-state index contributed by atoms with van der Waals surface area (Å²) in [5, 5.41) is 23.4. The van der Waals surface area contributed by atoms with Gasteiger partial charge in [0.15, 0.2) is 0 Å². The maximum absolute atomic E-state index is 11.6.